The minimum Gasteiger partial charge on any atom is -0.456 e. The first-order valence-corrected chi connectivity index (χ1v) is 10.6. The van der Waals surface area contributed by atoms with Crippen LogP contribution in [-0.4, -0.2) is 30.0 Å². The Hall–Kier alpha value is -3.24. The number of nitriles is 1. The Kier molecular flexibility index (Phi) is 7.52. The number of nitrogens with zero attached hydrogens (tertiary/aromatic N) is 3. The third kappa shape index (κ3) is 5.88. The standard InChI is InChI=1S/C23H23N3O3S/c1-17-10-12-18(13-11-17)26(15-5-14-24)22(27)16-29-23(28)9-4-8-21-25-19-6-2-3-7-20(19)30-21/h2-3,6-7,10-13H,4-5,8-9,15-16H2,1H3. The van der Waals surface area contributed by atoms with Gasteiger partial charge in [-0.15, -0.1) is 11.3 Å². The first kappa shape index (κ1) is 21.5. The lowest BCUT2D eigenvalue weighted by molar-refractivity contribution is -0.147. The van der Waals surface area contributed by atoms with E-state index in [4.69, 9.17) is 10.00 Å². The van der Waals surface area contributed by atoms with Gasteiger partial charge in [0.25, 0.3) is 5.91 Å². The molecule has 0 fully saturated rings. The lowest BCUT2D eigenvalue weighted by atomic mass is 10.2. The number of amides is 1. The summed E-state index contributed by atoms with van der Waals surface area (Å²) in [6.45, 7) is 1.88. The van der Waals surface area contributed by atoms with Gasteiger partial charge in [0.2, 0.25) is 0 Å². The minimum absolute atomic E-state index is 0.204. The summed E-state index contributed by atoms with van der Waals surface area (Å²) in [4.78, 5) is 30.7. The van der Waals surface area contributed by atoms with Gasteiger partial charge in [-0.2, -0.15) is 5.26 Å². The number of hydrogen-bond donors (Lipinski definition) is 0. The van der Waals surface area contributed by atoms with E-state index >= 15 is 0 Å². The quantitative estimate of drug-likeness (QED) is 0.478. The molecule has 3 rings (SSSR count). The molecule has 0 aliphatic carbocycles. The van der Waals surface area contributed by atoms with Gasteiger partial charge in [-0.3, -0.25) is 9.59 Å². The molecule has 3 aromatic rings. The largest absolute Gasteiger partial charge is 0.456 e. The van der Waals surface area contributed by atoms with Gasteiger partial charge in [0, 0.05) is 18.7 Å². The number of carbonyl (C=O) groups excluding carboxylic acids is 2. The van der Waals surface area contributed by atoms with Crippen molar-refractivity contribution in [3.8, 4) is 6.07 Å². The van der Waals surface area contributed by atoms with E-state index in [0.717, 1.165) is 20.8 Å². The van der Waals surface area contributed by atoms with E-state index in [1.165, 1.54) is 4.90 Å². The molecule has 1 amide bonds. The highest BCUT2D eigenvalue weighted by molar-refractivity contribution is 7.18. The van der Waals surface area contributed by atoms with Crippen LogP contribution in [0.2, 0.25) is 0 Å². The van der Waals surface area contributed by atoms with E-state index in [1.54, 1.807) is 11.3 Å². The molecule has 6 nitrogen and oxygen atoms in total. The van der Waals surface area contributed by atoms with Gasteiger partial charge in [0.1, 0.15) is 0 Å². The first-order chi connectivity index (χ1) is 14.6. The van der Waals surface area contributed by atoms with Crippen LogP contribution < -0.4 is 4.90 Å². The van der Waals surface area contributed by atoms with Crippen molar-refractivity contribution in [1.29, 1.82) is 5.26 Å². The molecule has 0 atom stereocenters. The van der Waals surface area contributed by atoms with Crippen LogP contribution in [0.25, 0.3) is 10.2 Å². The van der Waals surface area contributed by atoms with Gasteiger partial charge < -0.3 is 9.64 Å². The van der Waals surface area contributed by atoms with Gasteiger partial charge in [0.05, 0.1) is 27.7 Å². The minimum atomic E-state index is -0.409. The number of hydrogen-bond acceptors (Lipinski definition) is 6. The Balaban J connectivity index is 1.47. The summed E-state index contributed by atoms with van der Waals surface area (Å²) in [7, 11) is 0. The topological polar surface area (TPSA) is 83.3 Å². The van der Waals surface area contributed by atoms with Crippen molar-refractivity contribution < 1.29 is 14.3 Å². The summed E-state index contributed by atoms with van der Waals surface area (Å²) in [6, 6.07) is 17.4. The van der Waals surface area contributed by atoms with Crippen LogP contribution in [0.4, 0.5) is 5.69 Å². The van der Waals surface area contributed by atoms with Crippen molar-refractivity contribution in [2.75, 3.05) is 18.1 Å². The number of aromatic nitrogens is 1. The molecule has 0 N–H and O–H groups in total. The summed E-state index contributed by atoms with van der Waals surface area (Å²) < 4.78 is 6.31. The van der Waals surface area contributed by atoms with Crippen molar-refractivity contribution in [2.45, 2.75) is 32.6 Å². The maximum Gasteiger partial charge on any atom is 0.306 e. The molecule has 0 radical (unpaired) electrons. The van der Waals surface area contributed by atoms with Crippen molar-refractivity contribution >= 4 is 39.1 Å². The Labute approximate surface area is 179 Å². The van der Waals surface area contributed by atoms with Crippen LogP contribution in [0.3, 0.4) is 0 Å². The molecule has 0 bridgehead atoms. The fraction of sp³-hybridized carbons (Fsp3) is 0.304. The molecule has 0 unspecified atom stereocenters. The van der Waals surface area contributed by atoms with E-state index in [0.29, 0.717) is 18.5 Å². The molecule has 0 saturated heterocycles. The van der Waals surface area contributed by atoms with E-state index in [9.17, 15) is 9.59 Å². The number of fused-ring (bicyclic) bond motifs is 1. The second-order valence-electron chi connectivity index (χ2n) is 6.88. The fourth-order valence-electron chi connectivity index (χ4n) is 2.99. The number of anilines is 1. The molecule has 0 spiro atoms. The molecule has 0 aliphatic heterocycles. The number of ether oxygens (including phenoxy) is 1. The van der Waals surface area contributed by atoms with E-state index in [2.05, 4.69) is 4.98 Å². The average molecular weight is 422 g/mol. The molecule has 30 heavy (non-hydrogen) atoms. The summed E-state index contributed by atoms with van der Waals surface area (Å²) in [6.07, 6.45) is 1.74. The Morgan fingerprint density at radius 3 is 2.67 bits per heavy atom. The van der Waals surface area contributed by atoms with Crippen LogP contribution >= 0.6 is 11.3 Å². The van der Waals surface area contributed by atoms with Crippen LogP contribution in [0.15, 0.2) is 48.5 Å². The number of rotatable bonds is 9. The van der Waals surface area contributed by atoms with Crippen molar-refractivity contribution in [3.63, 3.8) is 0 Å². The SMILES string of the molecule is Cc1ccc(N(CCC#N)C(=O)COC(=O)CCCc2nc3ccccc3s2)cc1. The maximum absolute atomic E-state index is 12.6. The molecule has 1 heterocycles. The van der Waals surface area contributed by atoms with Crippen LogP contribution in [0.1, 0.15) is 29.8 Å². The van der Waals surface area contributed by atoms with Gasteiger partial charge in [-0.1, -0.05) is 29.8 Å². The lowest BCUT2D eigenvalue weighted by Crippen LogP contribution is -2.35. The van der Waals surface area contributed by atoms with Gasteiger partial charge in [0.15, 0.2) is 6.61 Å². The zero-order chi connectivity index (χ0) is 21.3. The normalized spacial score (nSPS) is 10.5. The molecule has 7 heteroatoms. The number of esters is 1. The number of thiazole rings is 1. The fourth-order valence-corrected chi connectivity index (χ4v) is 4.00. The predicted octanol–water partition coefficient (Wildman–Crippen LogP) is 4.42. The predicted molar refractivity (Wildman–Crippen MR) is 117 cm³/mol. The molecule has 1 aromatic heterocycles. The molecule has 0 aliphatic rings. The highest BCUT2D eigenvalue weighted by Crippen LogP contribution is 2.22. The van der Waals surface area contributed by atoms with E-state index < -0.39 is 5.97 Å². The lowest BCUT2D eigenvalue weighted by Gasteiger charge is -2.21. The van der Waals surface area contributed by atoms with Gasteiger partial charge >= 0.3 is 5.97 Å². The van der Waals surface area contributed by atoms with E-state index in [-0.39, 0.29) is 31.9 Å². The van der Waals surface area contributed by atoms with E-state index in [1.807, 2.05) is 61.5 Å². The smallest absolute Gasteiger partial charge is 0.306 e. The maximum atomic E-state index is 12.6. The zero-order valence-electron chi connectivity index (χ0n) is 16.8. The second kappa shape index (κ2) is 10.5. The summed E-state index contributed by atoms with van der Waals surface area (Å²) in [5.41, 5.74) is 2.73. The van der Waals surface area contributed by atoms with Crippen LogP contribution in [0.5, 0.6) is 0 Å². The van der Waals surface area contributed by atoms with Crippen molar-refractivity contribution in [3.05, 3.63) is 59.1 Å². The van der Waals surface area contributed by atoms with Crippen LogP contribution in [-0.2, 0) is 20.7 Å². The number of benzene rings is 2. The van der Waals surface area contributed by atoms with Gasteiger partial charge in [-0.25, -0.2) is 4.98 Å². The molecule has 0 saturated carbocycles. The first-order valence-electron chi connectivity index (χ1n) is 9.81. The molecule has 154 valence electrons. The van der Waals surface area contributed by atoms with Gasteiger partial charge in [-0.05, 0) is 44.0 Å². The number of carbonyl (C=O) groups is 2. The summed E-state index contributed by atoms with van der Waals surface area (Å²) in [5.74, 6) is -0.748. The molecular weight excluding hydrogens is 398 g/mol. The van der Waals surface area contributed by atoms with Crippen molar-refractivity contribution in [1.82, 2.24) is 4.98 Å². The number of para-hydroxylation sites is 1. The molecular formula is C23H23N3O3S. The third-order valence-electron chi connectivity index (χ3n) is 4.56. The monoisotopic (exact) mass is 421 g/mol. The second-order valence-corrected chi connectivity index (χ2v) is 7.99. The Bertz CT molecular complexity index is 1020. The number of aryl methyl sites for hydroxylation is 2. The van der Waals surface area contributed by atoms with Crippen LogP contribution in [0, 0.1) is 18.3 Å². The zero-order valence-corrected chi connectivity index (χ0v) is 17.7. The Morgan fingerprint density at radius 1 is 1.17 bits per heavy atom. The average Bonchev–Trinajstić information content (AvgIpc) is 3.16. The summed E-state index contributed by atoms with van der Waals surface area (Å²) >= 11 is 1.63. The molecule has 2 aromatic carbocycles. The highest BCUT2D eigenvalue weighted by Gasteiger charge is 2.17. The van der Waals surface area contributed by atoms with Crippen molar-refractivity contribution in [2.24, 2.45) is 0 Å². The summed E-state index contributed by atoms with van der Waals surface area (Å²) in [5, 5.41) is 9.85. The Morgan fingerprint density at radius 2 is 1.93 bits per heavy atom. The highest BCUT2D eigenvalue weighted by atomic mass is 32.1. The third-order valence-corrected chi connectivity index (χ3v) is 5.66.